The second-order valence-electron chi connectivity index (χ2n) is 2.22. The van der Waals surface area contributed by atoms with Gasteiger partial charge in [-0.2, -0.15) is 0 Å². The van der Waals surface area contributed by atoms with Gasteiger partial charge < -0.3 is 4.74 Å². The Balaban J connectivity index is 3.16. The van der Waals surface area contributed by atoms with E-state index in [9.17, 15) is 0 Å². The second kappa shape index (κ2) is 4.73. The number of hydrogen-bond donors (Lipinski definition) is 0. The van der Waals surface area contributed by atoms with E-state index < -0.39 is 0 Å². The van der Waals surface area contributed by atoms with Crippen molar-refractivity contribution in [2.45, 2.75) is 0 Å². The molecule has 0 aromatic carbocycles. The fourth-order valence-corrected chi connectivity index (χ4v) is 0.423. The summed E-state index contributed by atoms with van der Waals surface area (Å²) in [6.07, 6.45) is 0. The number of hydrogen-bond acceptors (Lipinski definition) is 3. The highest BCUT2D eigenvalue weighted by molar-refractivity contribution is 4.39. The van der Waals surface area contributed by atoms with E-state index >= 15 is 0 Å². The predicted octanol–water partition coefficient (Wildman–Crippen LogP) is 0.0412. The standard InChI is InChI=1S/C6H16N2O/c1-7(2)8(3)5-6-9-4/h5-6H2,1-4H3. The highest BCUT2D eigenvalue weighted by Crippen LogP contribution is 1.83. The molecule has 3 nitrogen and oxygen atoms in total. The zero-order chi connectivity index (χ0) is 7.28. The van der Waals surface area contributed by atoms with Gasteiger partial charge in [0.15, 0.2) is 0 Å². The van der Waals surface area contributed by atoms with Crippen molar-refractivity contribution in [3.05, 3.63) is 0 Å². The molecule has 0 saturated heterocycles. The van der Waals surface area contributed by atoms with Crippen LogP contribution < -0.4 is 0 Å². The zero-order valence-electron chi connectivity index (χ0n) is 6.72. The van der Waals surface area contributed by atoms with Gasteiger partial charge >= 0.3 is 0 Å². The minimum absolute atomic E-state index is 0.786. The van der Waals surface area contributed by atoms with E-state index in [1.54, 1.807) is 7.11 Å². The molecule has 0 atom stereocenters. The van der Waals surface area contributed by atoms with Crippen LogP contribution in [0.25, 0.3) is 0 Å². The fraction of sp³-hybridized carbons (Fsp3) is 1.00. The molecular formula is C6H16N2O. The molecule has 0 bridgehead atoms. The molecular weight excluding hydrogens is 116 g/mol. The summed E-state index contributed by atoms with van der Waals surface area (Å²) in [4.78, 5) is 0. The Labute approximate surface area is 57.2 Å². The summed E-state index contributed by atoms with van der Waals surface area (Å²) in [6, 6.07) is 0. The maximum Gasteiger partial charge on any atom is 0.0603 e. The molecule has 0 aliphatic heterocycles. The number of ether oxygens (including phenoxy) is 1. The van der Waals surface area contributed by atoms with Gasteiger partial charge in [-0.25, -0.2) is 10.0 Å². The Kier molecular flexibility index (Phi) is 4.67. The van der Waals surface area contributed by atoms with Gasteiger partial charge in [-0.15, -0.1) is 0 Å². The van der Waals surface area contributed by atoms with Crippen molar-refractivity contribution in [1.29, 1.82) is 0 Å². The molecule has 0 N–H and O–H groups in total. The van der Waals surface area contributed by atoms with Crippen LogP contribution in [-0.2, 0) is 4.74 Å². The molecule has 0 aliphatic rings. The molecule has 0 heterocycles. The van der Waals surface area contributed by atoms with Crippen LogP contribution >= 0.6 is 0 Å². The number of nitrogens with zero attached hydrogens (tertiary/aromatic N) is 2. The minimum Gasteiger partial charge on any atom is -0.383 e. The molecule has 0 radical (unpaired) electrons. The fourth-order valence-electron chi connectivity index (χ4n) is 0.423. The topological polar surface area (TPSA) is 15.7 Å². The van der Waals surface area contributed by atoms with Crippen molar-refractivity contribution in [2.24, 2.45) is 0 Å². The summed E-state index contributed by atoms with van der Waals surface area (Å²) in [5, 5.41) is 4.11. The van der Waals surface area contributed by atoms with Gasteiger partial charge in [0, 0.05) is 34.8 Å². The SMILES string of the molecule is COCCN(C)N(C)C. The molecule has 0 amide bonds. The van der Waals surface area contributed by atoms with E-state index in [1.807, 2.05) is 26.2 Å². The summed E-state index contributed by atoms with van der Waals surface area (Å²) < 4.78 is 4.89. The van der Waals surface area contributed by atoms with Crippen molar-refractivity contribution in [3.8, 4) is 0 Å². The number of rotatable bonds is 4. The van der Waals surface area contributed by atoms with Crippen molar-refractivity contribution in [3.63, 3.8) is 0 Å². The Hall–Kier alpha value is -0.120. The first-order valence-electron chi connectivity index (χ1n) is 3.05. The Morgan fingerprint density at radius 1 is 1.22 bits per heavy atom. The normalized spacial score (nSPS) is 11.3. The van der Waals surface area contributed by atoms with Crippen LogP contribution in [0, 0.1) is 0 Å². The van der Waals surface area contributed by atoms with Gasteiger partial charge in [0.25, 0.3) is 0 Å². The molecule has 3 heteroatoms. The quantitative estimate of drug-likeness (QED) is 0.502. The lowest BCUT2D eigenvalue weighted by Crippen LogP contribution is -2.35. The molecule has 0 fully saturated rings. The lowest BCUT2D eigenvalue weighted by Gasteiger charge is -2.23. The van der Waals surface area contributed by atoms with E-state index in [1.165, 1.54) is 0 Å². The molecule has 0 aliphatic carbocycles. The highest BCUT2D eigenvalue weighted by Gasteiger charge is 1.96. The van der Waals surface area contributed by atoms with E-state index in [2.05, 4.69) is 5.01 Å². The third kappa shape index (κ3) is 4.39. The molecule has 0 rings (SSSR count). The third-order valence-corrected chi connectivity index (χ3v) is 1.30. The lowest BCUT2D eigenvalue weighted by molar-refractivity contribution is 0.0291. The van der Waals surface area contributed by atoms with E-state index in [0.29, 0.717) is 0 Å². The summed E-state index contributed by atoms with van der Waals surface area (Å²) >= 11 is 0. The van der Waals surface area contributed by atoms with Crippen LogP contribution in [0.1, 0.15) is 0 Å². The molecule has 0 spiro atoms. The van der Waals surface area contributed by atoms with E-state index in [4.69, 9.17) is 4.74 Å². The van der Waals surface area contributed by atoms with Crippen molar-refractivity contribution >= 4 is 0 Å². The largest absolute Gasteiger partial charge is 0.383 e. The van der Waals surface area contributed by atoms with Gasteiger partial charge in [0.1, 0.15) is 0 Å². The van der Waals surface area contributed by atoms with Gasteiger partial charge in [-0.3, -0.25) is 0 Å². The van der Waals surface area contributed by atoms with Crippen molar-refractivity contribution in [1.82, 2.24) is 10.0 Å². The van der Waals surface area contributed by atoms with Crippen molar-refractivity contribution < 1.29 is 4.74 Å². The Morgan fingerprint density at radius 2 is 1.78 bits per heavy atom. The smallest absolute Gasteiger partial charge is 0.0603 e. The van der Waals surface area contributed by atoms with Crippen LogP contribution in [0.3, 0.4) is 0 Å². The first-order valence-corrected chi connectivity index (χ1v) is 3.05. The average molecular weight is 132 g/mol. The van der Waals surface area contributed by atoms with Crippen molar-refractivity contribution in [2.75, 3.05) is 41.4 Å². The van der Waals surface area contributed by atoms with Gasteiger partial charge in [-0.1, -0.05) is 0 Å². The molecule has 0 aromatic heterocycles. The maximum absolute atomic E-state index is 4.89. The van der Waals surface area contributed by atoms with E-state index in [0.717, 1.165) is 13.2 Å². The summed E-state index contributed by atoms with van der Waals surface area (Å²) in [5.74, 6) is 0. The summed E-state index contributed by atoms with van der Waals surface area (Å²) in [6.45, 7) is 1.73. The molecule has 0 unspecified atom stereocenters. The van der Waals surface area contributed by atoms with Gasteiger partial charge in [0.05, 0.1) is 6.61 Å². The summed E-state index contributed by atoms with van der Waals surface area (Å²) in [5.41, 5.74) is 0. The van der Waals surface area contributed by atoms with Crippen LogP contribution in [0.15, 0.2) is 0 Å². The minimum atomic E-state index is 0.786. The van der Waals surface area contributed by atoms with Gasteiger partial charge in [-0.05, 0) is 0 Å². The molecule has 56 valence electrons. The Morgan fingerprint density at radius 3 is 2.11 bits per heavy atom. The lowest BCUT2D eigenvalue weighted by atomic mass is 10.7. The second-order valence-corrected chi connectivity index (χ2v) is 2.22. The number of hydrazine groups is 1. The van der Waals surface area contributed by atoms with Gasteiger partial charge in [0.2, 0.25) is 0 Å². The zero-order valence-corrected chi connectivity index (χ0v) is 6.72. The molecule has 9 heavy (non-hydrogen) atoms. The summed E-state index contributed by atoms with van der Waals surface area (Å²) in [7, 11) is 7.76. The number of methoxy groups -OCH3 is 1. The first-order chi connectivity index (χ1) is 4.18. The molecule has 0 saturated carbocycles. The molecule has 0 aromatic rings. The number of likely N-dealkylation sites (N-methyl/N-ethyl adjacent to an activating group) is 1. The van der Waals surface area contributed by atoms with Crippen LogP contribution in [-0.4, -0.2) is 51.4 Å². The maximum atomic E-state index is 4.89. The highest BCUT2D eigenvalue weighted by atomic mass is 16.5. The van der Waals surface area contributed by atoms with Crippen LogP contribution in [0.5, 0.6) is 0 Å². The average Bonchev–Trinajstić information content (AvgIpc) is 1.82. The Bertz CT molecular complexity index is 66.1. The third-order valence-electron chi connectivity index (χ3n) is 1.30. The van der Waals surface area contributed by atoms with Crippen LogP contribution in [0.2, 0.25) is 0 Å². The van der Waals surface area contributed by atoms with Crippen LogP contribution in [0.4, 0.5) is 0 Å². The monoisotopic (exact) mass is 132 g/mol. The predicted molar refractivity (Wildman–Crippen MR) is 38.2 cm³/mol. The van der Waals surface area contributed by atoms with E-state index in [-0.39, 0.29) is 0 Å². The first kappa shape index (κ1) is 8.88.